The maximum Gasteiger partial charge on any atom is 0.251 e. The Balaban J connectivity index is 3.78. The quantitative estimate of drug-likeness (QED) is 0.688. The van der Waals surface area contributed by atoms with Crippen LogP contribution in [0.5, 0.6) is 0 Å². The molecule has 0 aromatic rings. The van der Waals surface area contributed by atoms with E-state index < -0.39 is 6.43 Å². The van der Waals surface area contributed by atoms with E-state index in [1.807, 2.05) is 20.8 Å². The van der Waals surface area contributed by atoms with E-state index in [4.69, 9.17) is 0 Å². The Morgan fingerprint density at radius 1 is 1.36 bits per heavy atom. The minimum Gasteiger partial charge on any atom is -0.300 e. The maximum absolute atomic E-state index is 11.9. The summed E-state index contributed by atoms with van der Waals surface area (Å²) < 4.78 is 23.8. The fourth-order valence-electron chi connectivity index (χ4n) is 0.994. The van der Waals surface area contributed by atoms with Gasteiger partial charge in [-0.05, 0) is 7.05 Å². The highest BCUT2D eigenvalue weighted by Gasteiger charge is 2.21. The molecule has 14 heavy (non-hydrogen) atoms. The van der Waals surface area contributed by atoms with Crippen LogP contribution in [0.25, 0.3) is 0 Å². The van der Waals surface area contributed by atoms with Crippen LogP contribution in [0.3, 0.4) is 0 Å². The van der Waals surface area contributed by atoms with Gasteiger partial charge in [-0.3, -0.25) is 4.79 Å². The Morgan fingerprint density at radius 2 is 1.86 bits per heavy atom. The van der Waals surface area contributed by atoms with Crippen molar-refractivity contribution in [2.75, 3.05) is 20.1 Å². The van der Waals surface area contributed by atoms with Crippen LogP contribution in [0, 0.1) is 5.41 Å². The number of Topliss-reactive ketones (excluding diaryl/α,β-unsaturated/α-hetero) is 1. The second-order valence-electron chi connectivity index (χ2n) is 4.58. The molecule has 0 fully saturated rings. The van der Waals surface area contributed by atoms with Crippen LogP contribution in [0.15, 0.2) is 0 Å². The van der Waals surface area contributed by atoms with Crippen molar-refractivity contribution in [1.29, 1.82) is 0 Å². The maximum atomic E-state index is 11.9. The fourth-order valence-corrected chi connectivity index (χ4v) is 0.994. The van der Waals surface area contributed by atoms with Crippen LogP contribution in [0.1, 0.15) is 27.2 Å². The highest BCUT2D eigenvalue weighted by Crippen LogP contribution is 2.16. The number of alkyl halides is 2. The lowest BCUT2D eigenvalue weighted by Crippen LogP contribution is -2.30. The van der Waals surface area contributed by atoms with E-state index in [1.54, 1.807) is 7.05 Å². The van der Waals surface area contributed by atoms with Crippen LogP contribution in [-0.2, 0) is 4.79 Å². The summed E-state index contributed by atoms with van der Waals surface area (Å²) in [6.45, 7) is 5.64. The van der Waals surface area contributed by atoms with Gasteiger partial charge in [0.05, 0.1) is 6.54 Å². The molecule has 0 spiro atoms. The van der Waals surface area contributed by atoms with Crippen molar-refractivity contribution in [3.8, 4) is 0 Å². The number of carbonyl (C=O) groups excluding carboxylic acids is 1. The smallest absolute Gasteiger partial charge is 0.251 e. The number of nitrogens with zero attached hydrogens (tertiary/aromatic N) is 1. The molecular weight excluding hydrogens is 188 g/mol. The van der Waals surface area contributed by atoms with Gasteiger partial charge in [0, 0.05) is 18.4 Å². The summed E-state index contributed by atoms with van der Waals surface area (Å²) in [5.41, 5.74) is -0.369. The molecule has 0 N–H and O–H groups in total. The van der Waals surface area contributed by atoms with Gasteiger partial charge in [0.25, 0.3) is 6.43 Å². The highest BCUT2D eigenvalue weighted by molar-refractivity contribution is 5.83. The first-order chi connectivity index (χ1) is 6.23. The van der Waals surface area contributed by atoms with E-state index in [9.17, 15) is 13.6 Å². The molecule has 0 heterocycles. The molecule has 0 bridgehead atoms. The Labute approximate surface area is 84.3 Å². The van der Waals surface area contributed by atoms with E-state index in [2.05, 4.69) is 0 Å². The van der Waals surface area contributed by atoms with Crippen molar-refractivity contribution in [3.63, 3.8) is 0 Å². The average Bonchev–Trinajstić information content (AvgIpc) is 1.96. The van der Waals surface area contributed by atoms with Gasteiger partial charge in [-0.15, -0.1) is 0 Å². The van der Waals surface area contributed by atoms with Crippen LogP contribution in [-0.4, -0.2) is 37.2 Å². The first kappa shape index (κ1) is 13.5. The third-order valence-corrected chi connectivity index (χ3v) is 2.01. The molecule has 0 saturated heterocycles. The van der Waals surface area contributed by atoms with E-state index in [0.717, 1.165) is 0 Å². The molecule has 0 atom stereocenters. The fraction of sp³-hybridized carbons (Fsp3) is 0.900. The Morgan fingerprint density at radius 3 is 2.21 bits per heavy atom. The van der Waals surface area contributed by atoms with Crippen molar-refractivity contribution < 1.29 is 13.6 Å². The molecule has 0 saturated carbocycles. The lowest BCUT2D eigenvalue weighted by atomic mass is 9.89. The van der Waals surface area contributed by atoms with Crippen LogP contribution >= 0.6 is 0 Å². The average molecular weight is 207 g/mol. The number of halogens is 2. The minimum absolute atomic E-state index is 0.110. The third kappa shape index (κ3) is 6.02. The molecule has 0 rings (SSSR count). The number of ketones is 1. The third-order valence-electron chi connectivity index (χ3n) is 2.01. The summed E-state index contributed by atoms with van der Waals surface area (Å²) in [7, 11) is 1.60. The van der Waals surface area contributed by atoms with E-state index in [1.165, 1.54) is 4.90 Å². The van der Waals surface area contributed by atoms with Gasteiger partial charge in [0.1, 0.15) is 5.78 Å². The van der Waals surface area contributed by atoms with Crippen molar-refractivity contribution in [3.05, 3.63) is 0 Å². The molecule has 0 amide bonds. The van der Waals surface area contributed by atoms with Crippen LogP contribution in [0.2, 0.25) is 0 Å². The molecule has 0 aromatic heterocycles. The van der Waals surface area contributed by atoms with Gasteiger partial charge >= 0.3 is 0 Å². The van der Waals surface area contributed by atoms with Gasteiger partial charge in [0.2, 0.25) is 0 Å². The molecule has 0 aromatic carbocycles. The summed E-state index contributed by atoms with van der Waals surface area (Å²) in [5.74, 6) is 0.110. The number of hydrogen-bond acceptors (Lipinski definition) is 2. The standard InChI is InChI=1S/C10H19F2NO/c1-10(2,3)8(14)5-6-13(4)7-9(11)12/h9H,5-7H2,1-4H3. The van der Waals surface area contributed by atoms with E-state index in [-0.39, 0.29) is 17.7 Å². The van der Waals surface area contributed by atoms with Crippen LogP contribution in [0.4, 0.5) is 8.78 Å². The van der Waals surface area contributed by atoms with Crippen molar-refractivity contribution in [1.82, 2.24) is 4.90 Å². The van der Waals surface area contributed by atoms with Crippen LogP contribution < -0.4 is 0 Å². The predicted molar refractivity (Wildman–Crippen MR) is 52.6 cm³/mol. The molecule has 4 heteroatoms. The Kier molecular flexibility index (Phi) is 5.19. The Hall–Kier alpha value is -0.510. The first-order valence-electron chi connectivity index (χ1n) is 4.73. The van der Waals surface area contributed by atoms with Crippen molar-refractivity contribution >= 4 is 5.78 Å². The monoisotopic (exact) mass is 207 g/mol. The Bertz CT molecular complexity index is 187. The molecule has 2 nitrogen and oxygen atoms in total. The van der Waals surface area contributed by atoms with Gasteiger partial charge in [-0.25, -0.2) is 8.78 Å². The second kappa shape index (κ2) is 5.39. The first-order valence-corrected chi connectivity index (χ1v) is 4.73. The summed E-state index contributed by atoms with van der Waals surface area (Å²) >= 11 is 0. The topological polar surface area (TPSA) is 20.3 Å². The van der Waals surface area contributed by atoms with Gasteiger partial charge < -0.3 is 4.90 Å². The summed E-state index contributed by atoms with van der Waals surface area (Å²) in [6.07, 6.45) is -1.99. The predicted octanol–water partition coefficient (Wildman–Crippen LogP) is 2.19. The zero-order valence-electron chi connectivity index (χ0n) is 9.31. The molecular formula is C10H19F2NO. The number of rotatable bonds is 5. The normalized spacial score (nSPS) is 12.6. The lowest BCUT2D eigenvalue weighted by Gasteiger charge is -2.20. The molecule has 0 radical (unpaired) electrons. The summed E-state index contributed by atoms with van der Waals surface area (Å²) in [4.78, 5) is 12.9. The zero-order valence-corrected chi connectivity index (χ0v) is 9.31. The summed E-state index contributed by atoms with van der Waals surface area (Å²) in [5, 5.41) is 0. The number of carbonyl (C=O) groups is 1. The molecule has 84 valence electrons. The van der Waals surface area contributed by atoms with E-state index >= 15 is 0 Å². The molecule has 0 unspecified atom stereocenters. The SMILES string of the molecule is CN(CCC(=O)C(C)(C)C)CC(F)F. The van der Waals surface area contributed by atoms with Gasteiger partial charge in [-0.1, -0.05) is 20.8 Å². The molecule has 0 aliphatic rings. The van der Waals surface area contributed by atoms with Crippen molar-refractivity contribution in [2.24, 2.45) is 5.41 Å². The molecule has 0 aliphatic carbocycles. The number of hydrogen-bond donors (Lipinski definition) is 0. The largest absolute Gasteiger partial charge is 0.300 e. The summed E-state index contributed by atoms with van der Waals surface area (Å²) in [6, 6.07) is 0. The second-order valence-corrected chi connectivity index (χ2v) is 4.58. The lowest BCUT2D eigenvalue weighted by molar-refractivity contribution is -0.126. The van der Waals surface area contributed by atoms with Gasteiger partial charge in [-0.2, -0.15) is 0 Å². The minimum atomic E-state index is -2.33. The zero-order chi connectivity index (χ0) is 11.4. The van der Waals surface area contributed by atoms with Crippen molar-refractivity contribution in [2.45, 2.75) is 33.6 Å². The van der Waals surface area contributed by atoms with E-state index in [0.29, 0.717) is 13.0 Å². The van der Waals surface area contributed by atoms with Gasteiger partial charge in [0.15, 0.2) is 0 Å². The molecule has 0 aliphatic heterocycles. The highest BCUT2D eigenvalue weighted by atomic mass is 19.3.